The van der Waals surface area contributed by atoms with E-state index in [1.807, 2.05) is 41.8 Å². The van der Waals surface area contributed by atoms with Gasteiger partial charge < -0.3 is 0 Å². The summed E-state index contributed by atoms with van der Waals surface area (Å²) < 4.78 is 28.5. The van der Waals surface area contributed by atoms with Crippen LogP contribution in [0, 0.1) is 6.92 Å². The zero-order chi connectivity index (χ0) is 20.7. The molecule has 6 nitrogen and oxygen atoms in total. The van der Waals surface area contributed by atoms with Crippen molar-refractivity contribution in [1.82, 2.24) is 14.4 Å². The van der Waals surface area contributed by atoms with E-state index in [1.165, 1.54) is 4.41 Å². The lowest BCUT2D eigenvalue weighted by atomic mass is 10.0. The molecule has 0 N–H and O–H groups in total. The van der Waals surface area contributed by atoms with E-state index in [-0.39, 0.29) is 4.90 Å². The summed E-state index contributed by atoms with van der Waals surface area (Å²) >= 11 is 1.56. The summed E-state index contributed by atoms with van der Waals surface area (Å²) in [6.45, 7) is 1.80. The molecular formula is C22H18N4O2S2. The maximum absolute atomic E-state index is 13.6. The van der Waals surface area contributed by atoms with Crippen molar-refractivity contribution in [3.8, 4) is 0 Å². The molecule has 0 amide bonds. The van der Waals surface area contributed by atoms with Crippen LogP contribution in [0.2, 0.25) is 0 Å². The molecule has 0 saturated heterocycles. The van der Waals surface area contributed by atoms with Crippen LogP contribution in [0.25, 0.3) is 11.0 Å². The third-order valence-electron chi connectivity index (χ3n) is 5.17. The van der Waals surface area contributed by atoms with Crippen molar-refractivity contribution in [2.75, 3.05) is 0 Å². The van der Waals surface area contributed by atoms with E-state index in [4.69, 9.17) is 0 Å². The van der Waals surface area contributed by atoms with Crippen LogP contribution in [0.15, 0.2) is 82.4 Å². The molecule has 8 heteroatoms. The standard InChI is InChI=1S/C22H18N4O2S2/c1-15-5-2-3-7-22(15)30(27,28)26-20(14-19(25-26)21-6-4-12-29-21)16-8-9-17-18(13-16)24-11-10-23-17/h2-13,20H,14H2,1H3/t20-/m1/s1. The summed E-state index contributed by atoms with van der Waals surface area (Å²) in [5, 5.41) is 6.56. The zero-order valence-electron chi connectivity index (χ0n) is 16.1. The number of aryl methyl sites for hydroxylation is 1. The van der Waals surface area contributed by atoms with Crippen LogP contribution >= 0.6 is 11.3 Å². The van der Waals surface area contributed by atoms with Crippen molar-refractivity contribution in [3.05, 3.63) is 88.4 Å². The molecule has 1 aliphatic rings. The lowest BCUT2D eigenvalue weighted by Gasteiger charge is -2.24. The molecule has 4 aromatic rings. The van der Waals surface area contributed by atoms with Crippen LogP contribution in [0.4, 0.5) is 0 Å². The molecule has 0 aliphatic carbocycles. The first kappa shape index (κ1) is 18.9. The molecule has 1 atom stereocenters. The van der Waals surface area contributed by atoms with Crippen molar-refractivity contribution in [1.29, 1.82) is 0 Å². The number of sulfonamides is 1. The molecule has 30 heavy (non-hydrogen) atoms. The fourth-order valence-electron chi connectivity index (χ4n) is 3.68. The van der Waals surface area contributed by atoms with Crippen molar-refractivity contribution in [2.24, 2.45) is 5.10 Å². The predicted octanol–water partition coefficient (Wildman–Crippen LogP) is 4.54. The van der Waals surface area contributed by atoms with Crippen molar-refractivity contribution < 1.29 is 8.42 Å². The summed E-state index contributed by atoms with van der Waals surface area (Å²) in [7, 11) is -3.83. The minimum atomic E-state index is -3.83. The van der Waals surface area contributed by atoms with Gasteiger partial charge in [0, 0.05) is 18.8 Å². The zero-order valence-corrected chi connectivity index (χ0v) is 17.8. The van der Waals surface area contributed by atoms with Gasteiger partial charge >= 0.3 is 0 Å². The first-order valence-electron chi connectivity index (χ1n) is 9.46. The van der Waals surface area contributed by atoms with Crippen LogP contribution in [0.1, 0.15) is 28.5 Å². The van der Waals surface area contributed by atoms with Crippen LogP contribution in [0.3, 0.4) is 0 Å². The second-order valence-corrected chi connectivity index (χ2v) is 9.80. The highest BCUT2D eigenvalue weighted by Gasteiger charge is 2.38. The normalized spacial score (nSPS) is 16.8. The van der Waals surface area contributed by atoms with Crippen LogP contribution in [0.5, 0.6) is 0 Å². The molecule has 2 aromatic heterocycles. The Kier molecular flexibility index (Phi) is 4.60. The average Bonchev–Trinajstić information content (AvgIpc) is 3.44. The topological polar surface area (TPSA) is 75.5 Å². The van der Waals surface area contributed by atoms with Gasteiger partial charge in [0.1, 0.15) is 0 Å². The van der Waals surface area contributed by atoms with Crippen LogP contribution < -0.4 is 0 Å². The number of hydrazone groups is 1. The Balaban J connectivity index is 1.64. The Hall–Kier alpha value is -3.10. The quantitative estimate of drug-likeness (QED) is 0.473. The molecule has 150 valence electrons. The van der Waals surface area contributed by atoms with E-state index in [9.17, 15) is 8.42 Å². The molecule has 0 bridgehead atoms. The molecule has 2 aromatic carbocycles. The fraction of sp³-hybridized carbons (Fsp3) is 0.136. The molecule has 0 spiro atoms. The highest BCUT2D eigenvalue weighted by Crippen LogP contribution is 2.38. The number of thiophene rings is 1. The molecular weight excluding hydrogens is 416 g/mol. The summed E-state index contributed by atoms with van der Waals surface area (Å²) in [6, 6.07) is 16.2. The van der Waals surface area contributed by atoms with Gasteiger partial charge in [-0.3, -0.25) is 9.97 Å². The van der Waals surface area contributed by atoms with E-state index >= 15 is 0 Å². The number of benzene rings is 2. The summed E-state index contributed by atoms with van der Waals surface area (Å²) in [4.78, 5) is 9.93. The van der Waals surface area contributed by atoms with E-state index in [1.54, 1.807) is 48.9 Å². The third kappa shape index (κ3) is 3.18. The first-order valence-corrected chi connectivity index (χ1v) is 11.8. The second-order valence-electron chi connectivity index (χ2n) is 7.09. The summed E-state index contributed by atoms with van der Waals surface area (Å²) in [5.74, 6) is 0. The Labute approximate surface area is 178 Å². The van der Waals surface area contributed by atoms with Crippen LogP contribution in [-0.4, -0.2) is 28.5 Å². The number of fused-ring (bicyclic) bond motifs is 1. The summed E-state index contributed by atoms with van der Waals surface area (Å²) in [5.41, 5.74) is 3.81. The highest BCUT2D eigenvalue weighted by molar-refractivity contribution is 7.89. The lowest BCUT2D eigenvalue weighted by molar-refractivity contribution is 0.371. The van der Waals surface area contributed by atoms with Gasteiger partial charge in [0.15, 0.2) is 0 Å². The van der Waals surface area contributed by atoms with Crippen LogP contribution in [-0.2, 0) is 10.0 Å². The maximum Gasteiger partial charge on any atom is 0.279 e. The molecule has 0 radical (unpaired) electrons. The van der Waals surface area contributed by atoms with Gasteiger partial charge in [-0.25, -0.2) is 0 Å². The smallest absolute Gasteiger partial charge is 0.253 e. The van der Waals surface area contributed by atoms with E-state index in [0.29, 0.717) is 12.0 Å². The molecule has 1 aliphatic heterocycles. The summed E-state index contributed by atoms with van der Waals surface area (Å²) in [6.07, 6.45) is 3.78. The number of aromatic nitrogens is 2. The Bertz CT molecular complexity index is 1360. The minimum Gasteiger partial charge on any atom is -0.253 e. The number of hydrogen-bond donors (Lipinski definition) is 0. The lowest BCUT2D eigenvalue weighted by Crippen LogP contribution is -2.28. The molecule has 0 unspecified atom stereocenters. The van der Waals surface area contributed by atoms with Gasteiger partial charge in [-0.15, -0.1) is 11.3 Å². The van der Waals surface area contributed by atoms with Crippen molar-refractivity contribution in [3.63, 3.8) is 0 Å². The second kappa shape index (κ2) is 7.30. The fourth-order valence-corrected chi connectivity index (χ4v) is 6.07. The molecule has 3 heterocycles. The van der Waals surface area contributed by atoms with Gasteiger partial charge in [-0.05, 0) is 47.7 Å². The minimum absolute atomic E-state index is 0.270. The van der Waals surface area contributed by atoms with Gasteiger partial charge in [-0.1, -0.05) is 30.3 Å². The largest absolute Gasteiger partial charge is 0.279 e. The number of rotatable bonds is 4. The molecule has 0 saturated carbocycles. The SMILES string of the molecule is Cc1ccccc1S(=O)(=O)N1N=C(c2cccs2)C[C@@H]1c1ccc2nccnc2c1. The van der Waals surface area contributed by atoms with E-state index in [2.05, 4.69) is 15.1 Å². The van der Waals surface area contributed by atoms with Gasteiger partial charge in [-0.2, -0.15) is 17.9 Å². The van der Waals surface area contributed by atoms with Gasteiger partial charge in [0.05, 0.1) is 32.6 Å². The average molecular weight is 435 g/mol. The maximum atomic E-state index is 13.6. The monoisotopic (exact) mass is 434 g/mol. The van der Waals surface area contributed by atoms with Gasteiger partial charge in [0.25, 0.3) is 10.0 Å². The Morgan fingerprint density at radius 1 is 1.00 bits per heavy atom. The van der Waals surface area contributed by atoms with Crippen molar-refractivity contribution >= 4 is 38.1 Å². The Morgan fingerprint density at radius 3 is 2.57 bits per heavy atom. The third-order valence-corrected chi connectivity index (χ3v) is 7.94. The predicted molar refractivity (Wildman–Crippen MR) is 118 cm³/mol. The highest BCUT2D eigenvalue weighted by atomic mass is 32.2. The number of nitrogens with zero attached hydrogens (tertiary/aromatic N) is 4. The Morgan fingerprint density at radius 2 is 1.80 bits per heavy atom. The van der Waals surface area contributed by atoms with E-state index in [0.717, 1.165) is 27.2 Å². The van der Waals surface area contributed by atoms with E-state index < -0.39 is 16.1 Å². The molecule has 5 rings (SSSR count). The first-order chi connectivity index (χ1) is 14.5. The molecule has 0 fully saturated rings. The number of hydrogen-bond acceptors (Lipinski definition) is 6. The van der Waals surface area contributed by atoms with Crippen molar-refractivity contribution in [2.45, 2.75) is 24.3 Å². The van der Waals surface area contributed by atoms with Gasteiger partial charge in [0.2, 0.25) is 0 Å².